The molecule has 1 aliphatic rings. The fraction of sp³-hybridized carbons (Fsp3) is 0.174. The van der Waals surface area contributed by atoms with Crippen LogP contribution in [0.15, 0.2) is 48.7 Å². The summed E-state index contributed by atoms with van der Waals surface area (Å²) in [4.78, 5) is 35.4. The van der Waals surface area contributed by atoms with Gasteiger partial charge in [-0.15, -0.1) is 0 Å². The van der Waals surface area contributed by atoms with Gasteiger partial charge in [0.15, 0.2) is 18.1 Å². The lowest BCUT2D eigenvalue weighted by molar-refractivity contribution is -0.120. The maximum atomic E-state index is 13.9. The first-order valence-electron chi connectivity index (χ1n) is 9.92. The Kier molecular flexibility index (Phi) is 5.74. The number of aromatic nitrogens is 1. The summed E-state index contributed by atoms with van der Waals surface area (Å²) in [5.74, 6) is -2.69. The number of fused-ring (bicyclic) bond motifs is 1. The normalized spacial score (nSPS) is 14.8. The number of carboxylic acid groups (broad SMARTS) is 1. The van der Waals surface area contributed by atoms with Crippen molar-refractivity contribution in [1.29, 1.82) is 0 Å². The molecule has 0 saturated carbocycles. The molecule has 0 spiro atoms. The van der Waals surface area contributed by atoms with Crippen LogP contribution in [0.25, 0.3) is 5.69 Å². The van der Waals surface area contributed by atoms with Gasteiger partial charge >= 0.3 is 5.97 Å². The molecule has 0 aliphatic carbocycles. The van der Waals surface area contributed by atoms with E-state index in [1.807, 2.05) is 0 Å². The Labute approximate surface area is 187 Å². The fourth-order valence-corrected chi connectivity index (χ4v) is 3.91. The number of anilines is 1. The molecule has 0 unspecified atom stereocenters. The summed E-state index contributed by atoms with van der Waals surface area (Å²) >= 11 is 0. The second kappa shape index (κ2) is 8.65. The van der Waals surface area contributed by atoms with Crippen LogP contribution in [0.5, 0.6) is 11.5 Å². The van der Waals surface area contributed by atoms with Crippen LogP contribution in [0.1, 0.15) is 34.0 Å². The van der Waals surface area contributed by atoms with Crippen LogP contribution in [0.3, 0.4) is 0 Å². The van der Waals surface area contributed by atoms with Gasteiger partial charge in [0.05, 0.1) is 18.5 Å². The monoisotopic (exact) mass is 453 g/mol. The fourth-order valence-electron chi connectivity index (χ4n) is 3.91. The van der Waals surface area contributed by atoms with Crippen molar-refractivity contribution >= 4 is 23.5 Å². The van der Waals surface area contributed by atoms with E-state index in [9.17, 15) is 23.9 Å². The number of carbonyl (C=O) groups excluding carboxylic acids is 2. The molecule has 2 aromatic carbocycles. The SMILES string of the molecule is COc1cc([C@@H]2CC(=O)Nc3c(C(=O)O)cn(-c4cccc(F)c4)c32)ccc1OCC(N)=O. The van der Waals surface area contributed by atoms with Gasteiger partial charge in [-0.1, -0.05) is 12.1 Å². The van der Waals surface area contributed by atoms with Crippen molar-refractivity contribution < 1.29 is 33.4 Å². The van der Waals surface area contributed by atoms with Crippen molar-refractivity contribution in [2.24, 2.45) is 5.73 Å². The van der Waals surface area contributed by atoms with Crippen LogP contribution >= 0.6 is 0 Å². The van der Waals surface area contributed by atoms with Crippen LogP contribution in [0.4, 0.5) is 10.1 Å². The first kappa shape index (κ1) is 21.9. The molecule has 1 aliphatic heterocycles. The predicted octanol–water partition coefficient (Wildman–Crippen LogP) is 2.66. The lowest BCUT2D eigenvalue weighted by Crippen LogP contribution is -2.25. The molecule has 2 amide bonds. The Morgan fingerprint density at radius 2 is 2.03 bits per heavy atom. The van der Waals surface area contributed by atoms with E-state index in [1.54, 1.807) is 28.8 Å². The Morgan fingerprint density at radius 3 is 2.70 bits per heavy atom. The summed E-state index contributed by atoms with van der Waals surface area (Å²) in [5, 5.41) is 12.4. The largest absolute Gasteiger partial charge is 0.493 e. The zero-order chi connectivity index (χ0) is 23.7. The third-order valence-electron chi connectivity index (χ3n) is 5.30. The van der Waals surface area contributed by atoms with Gasteiger partial charge in [0.2, 0.25) is 5.91 Å². The molecule has 0 radical (unpaired) electrons. The number of hydrogen-bond donors (Lipinski definition) is 3. The minimum Gasteiger partial charge on any atom is -0.493 e. The maximum absolute atomic E-state index is 13.9. The summed E-state index contributed by atoms with van der Waals surface area (Å²) in [5.41, 5.74) is 6.72. The number of hydrogen-bond acceptors (Lipinski definition) is 5. The van der Waals surface area contributed by atoms with Gasteiger partial charge in [0.25, 0.3) is 5.91 Å². The van der Waals surface area contributed by atoms with Gasteiger partial charge in [0, 0.05) is 24.2 Å². The summed E-state index contributed by atoms with van der Waals surface area (Å²) in [6.07, 6.45) is 1.39. The Bertz CT molecular complexity index is 1270. The van der Waals surface area contributed by atoms with Gasteiger partial charge < -0.3 is 30.2 Å². The number of halogens is 1. The van der Waals surface area contributed by atoms with Gasteiger partial charge in [-0.3, -0.25) is 9.59 Å². The molecule has 10 heteroatoms. The molecular formula is C23H20FN3O6. The van der Waals surface area contributed by atoms with E-state index in [1.165, 1.54) is 31.5 Å². The molecule has 0 bridgehead atoms. The van der Waals surface area contributed by atoms with Crippen molar-refractivity contribution in [2.45, 2.75) is 12.3 Å². The number of amides is 2. The number of nitrogens with two attached hydrogens (primary N) is 1. The molecule has 4 N–H and O–H groups in total. The molecule has 170 valence electrons. The Hall–Kier alpha value is -4.34. The molecule has 4 rings (SSSR count). The summed E-state index contributed by atoms with van der Waals surface area (Å²) < 4.78 is 26.2. The second-order valence-corrected chi connectivity index (χ2v) is 7.43. The number of aromatic carboxylic acids is 1. The van der Waals surface area contributed by atoms with E-state index < -0.39 is 23.6 Å². The predicted molar refractivity (Wildman–Crippen MR) is 115 cm³/mol. The Morgan fingerprint density at radius 1 is 1.24 bits per heavy atom. The number of benzene rings is 2. The van der Waals surface area contributed by atoms with E-state index in [4.69, 9.17) is 15.2 Å². The Balaban J connectivity index is 1.87. The molecule has 3 aromatic rings. The number of nitrogens with zero attached hydrogens (tertiary/aromatic N) is 1. The van der Waals surface area contributed by atoms with Crippen molar-refractivity contribution in [3.05, 3.63) is 71.3 Å². The number of carbonyl (C=O) groups is 3. The first-order chi connectivity index (χ1) is 15.8. The number of methoxy groups -OCH3 is 1. The molecule has 0 saturated heterocycles. The smallest absolute Gasteiger partial charge is 0.339 e. The highest BCUT2D eigenvalue weighted by Crippen LogP contribution is 2.43. The molecule has 2 heterocycles. The van der Waals surface area contributed by atoms with Gasteiger partial charge in [-0.25, -0.2) is 9.18 Å². The standard InChI is InChI=1S/C23H20FN3O6/c1-32-18-7-12(5-6-17(18)33-11-19(25)28)15-9-20(29)26-21-16(23(30)31)10-27(22(15)21)14-4-2-3-13(24)8-14/h2-8,10,15H,9,11H2,1H3,(H2,25,28)(H,26,29)(H,30,31)/t15-/m0/s1. The van der Waals surface area contributed by atoms with Crippen LogP contribution < -0.4 is 20.5 Å². The second-order valence-electron chi connectivity index (χ2n) is 7.43. The minimum atomic E-state index is -1.23. The van der Waals surface area contributed by atoms with E-state index >= 15 is 0 Å². The van der Waals surface area contributed by atoms with Crippen molar-refractivity contribution in [1.82, 2.24) is 4.57 Å². The average Bonchev–Trinajstić information content (AvgIpc) is 3.16. The third kappa shape index (κ3) is 4.22. The van der Waals surface area contributed by atoms with Crippen LogP contribution in [-0.4, -0.2) is 41.2 Å². The van der Waals surface area contributed by atoms with E-state index in [-0.39, 0.29) is 35.9 Å². The number of primary amides is 1. The molecule has 9 nitrogen and oxygen atoms in total. The van der Waals surface area contributed by atoms with Crippen molar-refractivity contribution in [3.8, 4) is 17.2 Å². The zero-order valence-electron chi connectivity index (χ0n) is 17.5. The number of nitrogens with one attached hydrogen (secondary N) is 1. The first-order valence-corrected chi connectivity index (χ1v) is 9.92. The quantitative estimate of drug-likeness (QED) is 0.504. The highest BCUT2D eigenvalue weighted by Gasteiger charge is 2.35. The topological polar surface area (TPSA) is 133 Å². The molecule has 1 atom stereocenters. The third-order valence-corrected chi connectivity index (χ3v) is 5.30. The highest BCUT2D eigenvalue weighted by atomic mass is 19.1. The number of carboxylic acids is 1. The summed E-state index contributed by atoms with van der Waals surface area (Å²) in [6.45, 7) is -0.337. The van der Waals surface area contributed by atoms with Gasteiger partial charge in [-0.05, 0) is 35.9 Å². The lowest BCUT2D eigenvalue weighted by atomic mass is 9.88. The summed E-state index contributed by atoms with van der Waals surface area (Å²) in [6, 6.07) is 10.6. The zero-order valence-corrected chi connectivity index (χ0v) is 17.5. The molecule has 0 fully saturated rings. The molecule has 33 heavy (non-hydrogen) atoms. The van der Waals surface area contributed by atoms with Crippen molar-refractivity contribution in [3.63, 3.8) is 0 Å². The summed E-state index contributed by atoms with van der Waals surface area (Å²) in [7, 11) is 1.42. The van der Waals surface area contributed by atoms with Crippen LogP contribution in [0, 0.1) is 5.82 Å². The number of rotatable bonds is 7. The van der Waals surface area contributed by atoms with E-state index in [2.05, 4.69) is 5.32 Å². The van der Waals surface area contributed by atoms with Gasteiger partial charge in [-0.2, -0.15) is 0 Å². The molecular weight excluding hydrogens is 433 g/mol. The highest BCUT2D eigenvalue weighted by molar-refractivity contribution is 6.04. The lowest BCUT2D eigenvalue weighted by Gasteiger charge is -2.26. The molecule has 1 aromatic heterocycles. The van der Waals surface area contributed by atoms with Crippen LogP contribution in [-0.2, 0) is 9.59 Å². The van der Waals surface area contributed by atoms with Gasteiger partial charge in [0.1, 0.15) is 11.4 Å². The van der Waals surface area contributed by atoms with E-state index in [0.29, 0.717) is 22.7 Å². The maximum Gasteiger partial charge on any atom is 0.339 e. The number of ether oxygens (including phenoxy) is 2. The van der Waals surface area contributed by atoms with Crippen molar-refractivity contribution in [2.75, 3.05) is 19.0 Å². The van der Waals surface area contributed by atoms with Crippen LogP contribution in [0.2, 0.25) is 0 Å². The average molecular weight is 453 g/mol. The van der Waals surface area contributed by atoms with E-state index in [0.717, 1.165) is 0 Å². The minimum absolute atomic E-state index is 0.0238.